The number of aryl methyl sites for hydroxylation is 1. The molecule has 4 rings (SSSR count). The molecule has 3 saturated heterocycles. The molecule has 1 aromatic rings. The van der Waals surface area contributed by atoms with E-state index in [1.54, 1.807) is 14.0 Å². The number of fused-ring (bicyclic) bond motifs is 1. The quantitative estimate of drug-likeness (QED) is 0.806. The van der Waals surface area contributed by atoms with E-state index < -0.39 is 0 Å². The molecule has 1 aromatic carbocycles. The molecule has 6 nitrogen and oxygen atoms in total. The van der Waals surface area contributed by atoms with Crippen LogP contribution in [0.1, 0.15) is 35.2 Å². The Morgan fingerprint density at radius 1 is 1.43 bits per heavy atom. The number of likely N-dealkylation sites (tertiary alicyclic amines) is 1. The van der Waals surface area contributed by atoms with E-state index >= 15 is 0 Å². The predicted molar refractivity (Wildman–Crippen MR) is 100 cm³/mol. The number of nitrogens with zero attached hydrogens (tertiary/aromatic N) is 1. The van der Waals surface area contributed by atoms with Crippen LogP contribution in [0.4, 0.5) is 4.39 Å². The van der Waals surface area contributed by atoms with Gasteiger partial charge in [-0.2, -0.15) is 0 Å². The number of hydrogen-bond donors (Lipinski definition) is 1. The Bertz CT molecular complexity index is 786. The number of carbonyl (C=O) groups excluding carboxylic acids is 2. The van der Waals surface area contributed by atoms with Crippen molar-refractivity contribution >= 4 is 11.8 Å². The first kappa shape index (κ1) is 19.3. The summed E-state index contributed by atoms with van der Waals surface area (Å²) in [5, 5.41) is 3.01. The van der Waals surface area contributed by atoms with E-state index in [1.807, 2.05) is 4.90 Å². The number of benzene rings is 1. The van der Waals surface area contributed by atoms with Crippen molar-refractivity contribution in [3.8, 4) is 0 Å². The van der Waals surface area contributed by atoms with Crippen LogP contribution in [0, 0.1) is 24.6 Å². The summed E-state index contributed by atoms with van der Waals surface area (Å²) >= 11 is 0. The summed E-state index contributed by atoms with van der Waals surface area (Å²) < 4.78 is 24.6. The van der Waals surface area contributed by atoms with E-state index in [0.717, 1.165) is 12.8 Å². The third kappa shape index (κ3) is 3.31. The number of nitrogens with one attached hydrogen (secondary N) is 1. The minimum absolute atomic E-state index is 0.0994. The number of ether oxygens (including phenoxy) is 2. The maximum atomic E-state index is 13.3. The third-order valence-corrected chi connectivity index (χ3v) is 6.59. The zero-order valence-electron chi connectivity index (χ0n) is 16.4. The van der Waals surface area contributed by atoms with Gasteiger partial charge in [0.2, 0.25) is 5.91 Å². The average molecular weight is 390 g/mol. The van der Waals surface area contributed by atoms with Gasteiger partial charge in [0, 0.05) is 37.6 Å². The first-order valence-electron chi connectivity index (χ1n) is 9.92. The Balaban J connectivity index is 1.40. The van der Waals surface area contributed by atoms with Crippen molar-refractivity contribution in [2.75, 3.05) is 33.4 Å². The lowest BCUT2D eigenvalue weighted by molar-refractivity contribution is -0.132. The summed E-state index contributed by atoms with van der Waals surface area (Å²) in [7, 11) is 1.59. The highest BCUT2D eigenvalue weighted by Crippen LogP contribution is 2.54. The number of carbonyl (C=O) groups is 2. The van der Waals surface area contributed by atoms with E-state index in [4.69, 9.17) is 9.47 Å². The van der Waals surface area contributed by atoms with Crippen molar-refractivity contribution in [1.82, 2.24) is 10.2 Å². The normalized spacial score (nSPS) is 30.5. The molecule has 2 bridgehead atoms. The maximum absolute atomic E-state index is 13.3. The SMILES string of the molecule is COCCC(=O)N1C[C@@H]2[C@H](CNC(=O)c3ccc(F)cc3C)[C@H]3CC[C@]2(C1)O3. The molecule has 3 aliphatic rings. The fourth-order valence-electron chi connectivity index (χ4n) is 5.19. The standard InChI is InChI=1S/C21H27FN2O4/c1-13-9-14(22)3-4-15(13)20(26)23-10-16-17-11-24(19(25)6-8-27-2)12-21(17)7-5-18(16)28-21/h3-4,9,16-18H,5-8,10-12H2,1-2H3,(H,23,26)/t16-,17+,18+,21+/m0/s1. The third-order valence-electron chi connectivity index (χ3n) is 6.59. The second-order valence-corrected chi connectivity index (χ2v) is 8.22. The van der Waals surface area contributed by atoms with Crippen LogP contribution < -0.4 is 5.32 Å². The molecular weight excluding hydrogens is 363 g/mol. The van der Waals surface area contributed by atoms with Crippen LogP contribution in [0.3, 0.4) is 0 Å². The van der Waals surface area contributed by atoms with Gasteiger partial charge < -0.3 is 19.7 Å². The van der Waals surface area contributed by atoms with E-state index in [9.17, 15) is 14.0 Å². The fourth-order valence-corrected chi connectivity index (χ4v) is 5.19. The Morgan fingerprint density at radius 3 is 3.00 bits per heavy atom. The first-order valence-corrected chi connectivity index (χ1v) is 9.92. The molecule has 3 aliphatic heterocycles. The lowest BCUT2D eigenvalue weighted by Gasteiger charge is -2.29. The average Bonchev–Trinajstić information content (AvgIpc) is 3.32. The van der Waals surface area contributed by atoms with Crippen molar-refractivity contribution in [2.45, 2.75) is 37.9 Å². The number of rotatable bonds is 6. The van der Waals surface area contributed by atoms with Crippen LogP contribution >= 0.6 is 0 Å². The topological polar surface area (TPSA) is 67.9 Å². The molecule has 4 atom stereocenters. The summed E-state index contributed by atoms with van der Waals surface area (Å²) in [6.07, 6.45) is 2.45. The van der Waals surface area contributed by atoms with Gasteiger partial charge in [-0.15, -0.1) is 0 Å². The largest absolute Gasteiger partial charge is 0.384 e. The van der Waals surface area contributed by atoms with E-state index in [-0.39, 0.29) is 41.2 Å². The van der Waals surface area contributed by atoms with Gasteiger partial charge in [-0.05, 0) is 43.5 Å². The molecule has 1 N–H and O–H groups in total. The van der Waals surface area contributed by atoms with Gasteiger partial charge in [0.25, 0.3) is 5.91 Å². The van der Waals surface area contributed by atoms with Crippen molar-refractivity contribution in [1.29, 1.82) is 0 Å². The predicted octanol–water partition coefficient (Wildman–Crippen LogP) is 1.91. The zero-order valence-corrected chi connectivity index (χ0v) is 16.4. The fraction of sp³-hybridized carbons (Fsp3) is 0.619. The molecule has 0 saturated carbocycles. The summed E-state index contributed by atoms with van der Waals surface area (Å²) in [4.78, 5) is 26.9. The van der Waals surface area contributed by atoms with Gasteiger partial charge in [0.15, 0.2) is 0 Å². The van der Waals surface area contributed by atoms with E-state index in [1.165, 1.54) is 18.2 Å². The van der Waals surface area contributed by atoms with Gasteiger partial charge >= 0.3 is 0 Å². The highest BCUT2D eigenvalue weighted by molar-refractivity contribution is 5.95. The second-order valence-electron chi connectivity index (χ2n) is 8.22. The van der Waals surface area contributed by atoms with Crippen LogP contribution in [0.15, 0.2) is 18.2 Å². The van der Waals surface area contributed by atoms with Crippen LogP contribution in [0.25, 0.3) is 0 Å². The van der Waals surface area contributed by atoms with Gasteiger partial charge in [0.1, 0.15) is 5.82 Å². The summed E-state index contributed by atoms with van der Waals surface area (Å²) in [6.45, 7) is 3.97. The molecule has 3 fully saturated rings. The van der Waals surface area contributed by atoms with Gasteiger partial charge in [-0.1, -0.05) is 0 Å². The highest BCUT2D eigenvalue weighted by Gasteiger charge is 2.63. The molecular formula is C21H27FN2O4. The van der Waals surface area contributed by atoms with Crippen molar-refractivity contribution < 1.29 is 23.5 Å². The van der Waals surface area contributed by atoms with Gasteiger partial charge in [-0.3, -0.25) is 9.59 Å². The van der Waals surface area contributed by atoms with Crippen molar-refractivity contribution in [3.05, 3.63) is 35.1 Å². The zero-order chi connectivity index (χ0) is 19.9. The molecule has 28 heavy (non-hydrogen) atoms. The van der Waals surface area contributed by atoms with Crippen molar-refractivity contribution in [2.24, 2.45) is 11.8 Å². The van der Waals surface area contributed by atoms with E-state index in [2.05, 4.69) is 5.32 Å². The monoisotopic (exact) mass is 390 g/mol. The van der Waals surface area contributed by atoms with Crippen LogP contribution in [0.2, 0.25) is 0 Å². The molecule has 0 aliphatic carbocycles. The van der Waals surface area contributed by atoms with Crippen LogP contribution in [-0.2, 0) is 14.3 Å². The molecule has 2 amide bonds. The van der Waals surface area contributed by atoms with Crippen LogP contribution in [-0.4, -0.2) is 61.8 Å². The summed E-state index contributed by atoms with van der Waals surface area (Å²) in [5.74, 6) is -0.00420. The summed E-state index contributed by atoms with van der Waals surface area (Å²) in [6, 6.07) is 4.19. The molecule has 0 aromatic heterocycles. The molecule has 152 valence electrons. The number of hydrogen-bond acceptors (Lipinski definition) is 4. The minimum atomic E-state index is -0.346. The Labute approximate surface area is 164 Å². The number of methoxy groups -OCH3 is 1. The molecule has 0 unspecified atom stereocenters. The Hall–Kier alpha value is -1.99. The highest BCUT2D eigenvalue weighted by atomic mass is 19.1. The number of halogens is 1. The minimum Gasteiger partial charge on any atom is -0.384 e. The van der Waals surface area contributed by atoms with E-state index in [0.29, 0.717) is 43.8 Å². The maximum Gasteiger partial charge on any atom is 0.251 e. The first-order chi connectivity index (χ1) is 13.4. The number of amides is 2. The molecule has 0 radical (unpaired) electrons. The molecule has 1 spiro atoms. The van der Waals surface area contributed by atoms with Gasteiger partial charge in [0.05, 0.1) is 31.3 Å². The van der Waals surface area contributed by atoms with Crippen molar-refractivity contribution in [3.63, 3.8) is 0 Å². The molecule has 3 heterocycles. The smallest absolute Gasteiger partial charge is 0.251 e. The molecule has 7 heteroatoms. The summed E-state index contributed by atoms with van der Waals surface area (Å²) in [5.41, 5.74) is 0.853. The van der Waals surface area contributed by atoms with Gasteiger partial charge in [-0.25, -0.2) is 4.39 Å². The Kier molecular flexibility index (Phi) is 5.14. The lowest BCUT2D eigenvalue weighted by atomic mass is 9.73. The second kappa shape index (κ2) is 7.44. The van der Waals surface area contributed by atoms with Crippen LogP contribution in [0.5, 0.6) is 0 Å². The lowest BCUT2D eigenvalue weighted by Crippen LogP contribution is -2.42. The Morgan fingerprint density at radius 2 is 2.25 bits per heavy atom.